The van der Waals surface area contributed by atoms with Crippen LogP contribution in [0.4, 0.5) is 4.39 Å². The van der Waals surface area contributed by atoms with Gasteiger partial charge in [0.25, 0.3) is 0 Å². The zero-order chi connectivity index (χ0) is 16.3. The molecule has 0 aliphatic carbocycles. The molecule has 0 amide bonds. The molecule has 2 aliphatic heterocycles. The Hall–Kier alpha value is -1.33. The third-order valence-corrected chi connectivity index (χ3v) is 4.52. The third kappa shape index (κ3) is 4.15. The Kier molecular flexibility index (Phi) is 5.07. The van der Waals surface area contributed by atoms with Crippen LogP contribution in [-0.4, -0.2) is 50.8 Å². The summed E-state index contributed by atoms with van der Waals surface area (Å²) in [5.41, 5.74) is 0.362. The number of hydrogen-bond acceptors (Lipinski definition) is 4. The maximum absolute atomic E-state index is 14.7. The van der Waals surface area contributed by atoms with Crippen molar-refractivity contribution in [3.63, 3.8) is 0 Å². The molecule has 0 bridgehead atoms. The third-order valence-electron chi connectivity index (χ3n) is 4.52. The van der Waals surface area contributed by atoms with Gasteiger partial charge < -0.3 is 19.7 Å². The lowest BCUT2D eigenvalue weighted by molar-refractivity contribution is 0.215. The number of halogens is 1. The van der Waals surface area contributed by atoms with E-state index in [4.69, 9.17) is 9.47 Å². The summed E-state index contributed by atoms with van der Waals surface area (Å²) >= 11 is 0. The lowest BCUT2D eigenvalue weighted by Gasteiger charge is -2.28. The molecular formula is C18H27FN2O2. The first kappa shape index (κ1) is 16.5. The zero-order valence-electron chi connectivity index (χ0n) is 14.2. The summed E-state index contributed by atoms with van der Waals surface area (Å²) in [5, 5.41) is 3.36. The molecule has 5 heteroatoms. The van der Waals surface area contributed by atoms with Gasteiger partial charge in [0.2, 0.25) is 0 Å². The Morgan fingerprint density at radius 1 is 1.13 bits per heavy atom. The Morgan fingerprint density at radius 3 is 2.43 bits per heavy atom. The molecule has 0 saturated carbocycles. The molecule has 1 aromatic carbocycles. The first-order valence-corrected chi connectivity index (χ1v) is 8.59. The summed E-state index contributed by atoms with van der Waals surface area (Å²) in [4.78, 5) is 2.43. The number of nitrogens with zero attached hydrogens (tertiary/aromatic N) is 1. The highest BCUT2D eigenvalue weighted by Gasteiger charge is 2.26. The van der Waals surface area contributed by atoms with Crippen LogP contribution in [0.25, 0.3) is 0 Å². The van der Waals surface area contributed by atoms with E-state index < -0.39 is 5.67 Å². The van der Waals surface area contributed by atoms with Crippen LogP contribution >= 0.6 is 0 Å². The quantitative estimate of drug-likeness (QED) is 0.923. The van der Waals surface area contributed by atoms with Gasteiger partial charge in [-0.05, 0) is 43.5 Å². The van der Waals surface area contributed by atoms with Crippen molar-refractivity contribution in [2.45, 2.75) is 32.4 Å². The molecule has 2 aliphatic rings. The molecule has 128 valence electrons. The molecule has 0 spiro atoms. The van der Waals surface area contributed by atoms with Gasteiger partial charge in [-0.1, -0.05) is 0 Å². The SMILES string of the molecule is CC(C)(F)c1cc2c(cc1CCN1CCNCC1)OCCCO2. The van der Waals surface area contributed by atoms with Crippen molar-refractivity contribution in [2.75, 3.05) is 45.9 Å². The Bertz CT molecular complexity index is 537. The number of nitrogens with one attached hydrogen (secondary N) is 1. The number of rotatable bonds is 4. The number of benzene rings is 1. The van der Waals surface area contributed by atoms with Crippen LogP contribution in [0, 0.1) is 0 Å². The monoisotopic (exact) mass is 322 g/mol. The summed E-state index contributed by atoms with van der Waals surface area (Å²) in [6.07, 6.45) is 1.69. The molecule has 4 nitrogen and oxygen atoms in total. The summed E-state index contributed by atoms with van der Waals surface area (Å²) in [6.45, 7) is 9.62. The fourth-order valence-electron chi connectivity index (χ4n) is 3.22. The van der Waals surface area contributed by atoms with Gasteiger partial charge in [-0.15, -0.1) is 0 Å². The van der Waals surface area contributed by atoms with E-state index in [2.05, 4.69) is 10.2 Å². The highest BCUT2D eigenvalue weighted by atomic mass is 19.1. The van der Waals surface area contributed by atoms with Crippen molar-refractivity contribution in [1.29, 1.82) is 0 Å². The average molecular weight is 322 g/mol. The van der Waals surface area contributed by atoms with Crippen molar-refractivity contribution >= 4 is 0 Å². The normalized spacial score (nSPS) is 19.4. The maximum atomic E-state index is 14.7. The topological polar surface area (TPSA) is 33.7 Å². The lowest BCUT2D eigenvalue weighted by atomic mass is 9.92. The second-order valence-electron chi connectivity index (χ2n) is 6.82. The summed E-state index contributed by atoms with van der Waals surface area (Å²) in [6, 6.07) is 3.83. The molecule has 1 N–H and O–H groups in total. The van der Waals surface area contributed by atoms with Crippen molar-refractivity contribution in [1.82, 2.24) is 10.2 Å². The molecule has 3 rings (SSSR count). The van der Waals surface area contributed by atoms with E-state index >= 15 is 0 Å². The van der Waals surface area contributed by atoms with E-state index in [-0.39, 0.29) is 0 Å². The van der Waals surface area contributed by atoms with Crippen LogP contribution in [-0.2, 0) is 12.1 Å². The molecule has 0 unspecified atom stereocenters. The van der Waals surface area contributed by atoms with Crippen LogP contribution in [0.1, 0.15) is 31.4 Å². The van der Waals surface area contributed by atoms with E-state index in [1.807, 2.05) is 12.1 Å². The van der Waals surface area contributed by atoms with Gasteiger partial charge in [-0.2, -0.15) is 0 Å². The largest absolute Gasteiger partial charge is 0.490 e. The number of piperazine rings is 1. The first-order valence-electron chi connectivity index (χ1n) is 8.59. The summed E-state index contributed by atoms with van der Waals surface area (Å²) in [5.74, 6) is 1.43. The number of ether oxygens (including phenoxy) is 2. The molecule has 0 atom stereocenters. The molecule has 0 aromatic heterocycles. The molecule has 1 saturated heterocycles. The van der Waals surface area contributed by atoms with Gasteiger partial charge in [-0.25, -0.2) is 4.39 Å². The van der Waals surface area contributed by atoms with Crippen molar-refractivity contribution in [3.05, 3.63) is 23.3 Å². The standard InChI is InChI=1S/C18H27FN2O2/c1-18(2,19)15-13-17-16(22-10-3-11-23-17)12-14(15)4-7-21-8-5-20-6-9-21/h12-13,20H,3-11H2,1-2H3. The van der Waals surface area contributed by atoms with Crippen LogP contribution in [0.5, 0.6) is 11.5 Å². The van der Waals surface area contributed by atoms with Crippen molar-refractivity contribution < 1.29 is 13.9 Å². The lowest BCUT2D eigenvalue weighted by Crippen LogP contribution is -2.44. The minimum absolute atomic E-state index is 0.624. The van der Waals surface area contributed by atoms with Gasteiger partial charge in [0.05, 0.1) is 13.2 Å². The second-order valence-corrected chi connectivity index (χ2v) is 6.82. The summed E-state index contributed by atoms with van der Waals surface area (Å²) < 4.78 is 26.2. The second kappa shape index (κ2) is 7.05. The van der Waals surface area contributed by atoms with Crippen LogP contribution in [0.15, 0.2) is 12.1 Å². The summed E-state index contributed by atoms with van der Waals surface area (Å²) in [7, 11) is 0. The Morgan fingerprint density at radius 2 is 1.78 bits per heavy atom. The van der Waals surface area contributed by atoms with Gasteiger partial charge in [0.1, 0.15) is 5.67 Å². The van der Waals surface area contributed by atoms with Gasteiger partial charge >= 0.3 is 0 Å². The highest BCUT2D eigenvalue weighted by molar-refractivity contribution is 5.49. The van der Waals surface area contributed by atoms with E-state index in [9.17, 15) is 4.39 Å². The average Bonchev–Trinajstić information content (AvgIpc) is 2.77. The van der Waals surface area contributed by atoms with Crippen molar-refractivity contribution in [3.8, 4) is 11.5 Å². The minimum Gasteiger partial charge on any atom is -0.490 e. The molecule has 1 aromatic rings. The van der Waals surface area contributed by atoms with Gasteiger partial charge in [0, 0.05) is 39.1 Å². The number of fused-ring (bicyclic) bond motifs is 1. The van der Waals surface area contributed by atoms with E-state index in [0.717, 1.165) is 62.4 Å². The Labute approximate surface area is 138 Å². The van der Waals surface area contributed by atoms with Crippen LogP contribution < -0.4 is 14.8 Å². The number of alkyl halides is 1. The van der Waals surface area contributed by atoms with E-state index in [1.165, 1.54) is 0 Å². The predicted octanol–water partition coefficient (Wildman–Crippen LogP) is 2.50. The molecule has 0 radical (unpaired) electrons. The van der Waals surface area contributed by atoms with E-state index in [1.54, 1.807) is 13.8 Å². The fourth-order valence-corrected chi connectivity index (χ4v) is 3.22. The van der Waals surface area contributed by atoms with E-state index in [0.29, 0.717) is 19.0 Å². The number of hydrogen-bond donors (Lipinski definition) is 1. The molecule has 2 heterocycles. The zero-order valence-corrected chi connectivity index (χ0v) is 14.2. The van der Waals surface area contributed by atoms with Gasteiger partial charge in [-0.3, -0.25) is 0 Å². The smallest absolute Gasteiger partial charge is 0.161 e. The first-order chi connectivity index (χ1) is 11.0. The predicted molar refractivity (Wildman–Crippen MR) is 89.2 cm³/mol. The molecular weight excluding hydrogens is 295 g/mol. The maximum Gasteiger partial charge on any atom is 0.161 e. The Balaban J connectivity index is 1.82. The van der Waals surface area contributed by atoms with Crippen LogP contribution in [0.3, 0.4) is 0 Å². The molecule has 1 fully saturated rings. The minimum atomic E-state index is -1.39. The fraction of sp³-hybridized carbons (Fsp3) is 0.667. The van der Waals surface area contributed by atoms with Crippen LogP contribution in [0.2, 0.25) is 0 Å². The highest BCUT2D eigenvalue weighted by Crippen LogP contribution is 2.38. The van der Waals surface area contributed by atoms with Gasteiger partial charge in [0.15, 0.2) is 11.5 Å². The van der Waals surface area contributed by atoms with Crippen molar-refractivity contribution in [2.24, 2.45) is 0 Å². The molecule has 23 heavy (non-hydrogen) atoms.